The zero-order valence-corrected chi connectivity index (χ0v) is 19.3. The van der Waals surface area contributed by atoms with Crippen LogP contribution in [0, 0.1) is 0 Å². The number of guanidine groups is 1. The first kappa shape index (κ1) is 23.1. The minimum atomic E-state index is 0. The van der Waals surface area contributed by atoms with Gasteiger partial charge in [-0.3, -0.25) is 14.8 Å². The molecule has 0 atom stereocenters. The molecular formula is C22H30IN5O. The number of rotatable bonds is 8. The van der Waals surface area contributed by atoms with Crippen LogP contribution in [-0.4, -0.2) is 43.0 Å². The highest BCUT2D eigenvalue weighted by molar-refractivity contribution is 14.0. The van der Waals surface area contributed by atoms with Crippen LogP contribution < -0.4 is 15.5 Å². The summed E-state index contributed by atoms with van der Waals surface area (Å²) in [6, 6.07) is 14.1. The van der Waals surface area contributed by atoms with E-state index < -0.39 is 0 Å². The normalized spacial score (nSPS) is 12.9. The second-order valence-electron chi connectivity index (χ2n) is 6.79. The first-order valence-electron chi connectivity index (χ1n) is 10.1. The van der Waals surface area contributed by atoms with E-state index in [2.05, 4.69) is 26.7 Å². The summed E-state index contributed by atoms with van der Waals surface area (Å²) in [4.78, 5) is 23.4. The van der Waals surface area contributed by atoms with E-state index in [4.69, 9.17) is 0 Å². The summed E-state index contributed by atoms with van der Waals surface area (Å²) in [5, 5.41) is 6.58. The lowest BCUT2D eigenvalue weighted by Crippen LogP contribution is -2.38. The van der Waals surface area contributed by atoms with Crippen molar-refractivity contribution in [2.75, 3.05) is 31.1 Å². The Morgan fingerprint density at radius 3 is 2.79 bits per heavy atom. The molecule has 0 unspecified atom stereocenters. The average molecular weight is 507 g/mol. The molecule has 0 radical (unpaired) electrons. The van der Waals surface area contributed by atoms with Crippen molar-refractivity contribution < 1.29 is 4.79 Å². The van der Waals surface area contributed by atoms with Crippen LogP contribution in [-0.2, 0) is 17.6 Å². The summed E-state index contributed by atoms with van der Waals surface area (Å²) in [7, 11) is 0. The molecule has 6 nitrogen and oxygen atoms in total. The third kappa shape index (κ3) is 6.99. The molecule has 156 valence electrons. The molecule has 7 heteroatoms. The van der Waals surface area contributed by atoms with Gasteiger partial charge >= 0.3 is 0 Å². The van der Waals surface area contributed by atoms with Gasteiger partial charge in [0, 0.05) is 56.6 Å². The van der Waals surface area contributed by atoms with Gasteiger partial charge in [-0.25, -0.2) is 0 Å². The fraction of sp³-hybridized carbons (Fsp3) is 0.409. The van der Waals surface area contributed by atoms with E-state index in [0.29, 0.717) is 13.0 Å². The van der Waals surface area contributed by atoms with Gasteiger partial charge in [0.25, 0.3) is 0 Å². The van der Waals surface area contributed by atoms with Gasteiger partial charge in [0.05, 0.1) is 0 Å². The van der Waals surface area contributed by atoms with Crippen LogP contribution in [0.25, 0.3) is 0 Å². The van der Waals surface area contributed by atoms with Crippen LogP contribution in [0.3, 0.4) is 0 Å². The van der Waals surface area contributed by atoms with Gasteiger partial charge in [0.2, 0.25) is 5.91 Å². The highest BCUT2D eigenvalue weighted by atomic mass is 127. The molecule has 0 spiro atoms. The Bertz CT molecular complexity index is 797. The van der Waals surface area contributed by atoms with E-state index in [1.807, 2.05) is 54.4 Å². The van der Waals surface area contributed by atoms with Crippen molar-refractivity contribution in [3.05, 3.63) is 59.9 Å². The number of aromatic nitrogens is 1. The van der Waals surface area contributed by atoms with Crippen molar-refractivity contribution >= 4 is 41.5 Å². The third-order valence-electron chi connectivity index (χ3n) is 4.75. The Balaban J connectivity index is 0.00000300. The summed E-state index contributed by atoms with van der Waals surface area (Å²) in [5.74, 6) is 0.977. The fourth-order valence-electron chi connectivity index (χ4n) is 3.35. The summed E-state index contributed by atoms with van der Waals surface area (Å²) in [6.07, 6.45) is 4.87. The maximum absolute atomic E-state index is 12.5. The minimum absolute atomic E-state index is 0. The smallest absolute Gasteiger partial charge is 0.227 e. The lowest BCUT2D eigenvalue weighted by atomic mass is 10.2. The predicted octanol–water partition coefficient (Wildman–Crippen LogP) is 3.17. The number of carbonyl (C=O) groups is 1. The zero-order chi connectivity index (χ0) is 19.6. The maximum Gasteiger partial charge on any atom is 0.227 e. The molecule has 2 aromatic rings. The highest BCUT2D eigenvalue weighted by Gasteiger charge is 2.23. The molecule has 3 rings (SSSR count). The highest BCUT2D eigenvalue weighted by Crippen LogP contribution is 2.27. The number of benzene rings is 1. The number of para-hydroxylation sites is 1. The van der Waals surface area contributed by atoms with Gasteiger partial charge in [0.15, 0.2) is 5.96 Å². The van der Waals surface area contributed by atoms with E-state index >= 15 is 0 Å². The van der Waals surface area contributed by atoms with Crippen LogP contribution in [0.5, 0.6) is 0 Å². The Morgan fingerprint density at radius 2 is 2.00 bits per heavy atom. The molecular weight excluding hydrogens is 477 g/mol. The van der Waals surface area contributed by atoms with Crippen LogP contribution >= 0.6 is 24.0 Å². The molecule has 0 fully saturated rings. The van der Waals surface area contributed by atoms with Crippen molar-refractivity contribution in [1.29, 1.82) is 0 Å². The van der Waals surface area contributed by atoms with Crippen LogP contribution in [0.4, 0.5) is 5.69 Å². The number of nitrogens with one attached hydrogen (secondary N) is 2. The molecule has 1 aliphatic heterocycles. The zero-order valence-electron chi connectivity index (χ0n) is 16.9. The summed E-state index contributed by atoms with van der Waals surface area (Å²) in [6.45, 7) is 5.04. The second-order valence-corrected chi connectivity index (χ2v) is 6.79. The topological polar surface area (TPSA) is 69.6 Å². The summed E-state index contributed by atoms with van der Waals surface area (Å²) >= 11 is 0. The van der Waals surface area contributed by atoms with Crippen molar-refractivity contribution in [1.82, 2.24) is 15.6 Å². The van der Waals surface area contributed by atoms with Gasteiger partial charge in [-0.15, -0.1) is 24.0 Å². The minimum Gasteiger partial charge on any atom is -0.357 e. The van der Waals surface area contributed by atoms with Crippen molar-refractivity contribution in [2.45, 2.75) is 32.6 Å². The number of halogens is 1. The molecule has 2 N–H and O–H groups in total. The van der Waals surface area contributed by atoms with Crippen LogP contribution in [0.1, 0.15) is 31.0 Å². The Kier molecular flexibility index (Phi) is 9.90. The Morgan fingerprint density at radius 1 is 1.17 bits per heavy atom. The summed E-state index contributed by atoms with van der Waals surface area (Å²) in [5.41, 5.74) is 3.39. The third-order valence-corrected chi connectivity index (χ3v) is 4.75. The number of carbonyl (C=O) groups excluding carboxylic acids is 1. The quantitative estimate of drug-likeness (QED) is 0.249. The second kappa shape index (κ2) is 12.4. The van der Waals surface area contributed by atoms with Gasteiger partial charge in [-0.1, -0.05) is 24.3 Å². The monoisotopic (exact) mass is 507 g/mol. The van der Waals surface area contributed by atoms with Gasteiger partial charge in [0.1, 0.15) is 0 Å². The first-order valence-corrected chi connectivity index (χ1v) is 10.1. The molecule has 1 amide bonds. The van der Waals surface area contributed by atoms with E-state index in [-0.39, 0.29) is 29.9 Å². The number of anilines is 1. The van der Waals surface area contributed by atoms with E-state index in [1.165, 1.54) is 5.56 Å². The first-order chi connectivity index (χ1) is 13.8. The number of aliphatic imine (C=N–C) groups is 1. The number of hydrogen-bond donors (Lipinski definition) is 2. The number of hydrogen-bond acceptors (Lipinski definition) is 3. The maximum atomic E-state index is 12.5. The van der Waals surface area contributed by atoms with E-state index in [1.54, 1.807) is 0 Å². The van der Waals surface area contributed by atoms with Crippen molar-refractivity contribution in [3.8, 4) is 0 Å². The van der Waals surface area contributed by atoms with Gasteiger partial charge in [-0.05, 0) is 43.5 Å². The number of pyridine rings is 1. The Labute approximate surface area is 190 Å². The molecule has 1 aromatic carbocycles. The Hall–Kier alpha value is -2.16. The lowest BCUT2D eigenvalue weighted by Gasteiger charge is -2.17. The molecule has 2 heterocycles. The van der Waals surface area contributed by atoms with Crippen molar-refractivity contribution in [3.63, 3.8) is 0 Å². The largest absolute Gasteiger partial charge is 0.357 e. The predicted molar refractivity (Wildman–Crippen MR) is 129 cm³/mol. The summed E-state index contributed by atoms with van der Waals surface area (Å²) < 4.78 is 0. The SMILES string of the molecule is CCNC(=NCCCC(=O)N1CCc2ccccc21)NCCc1ccccn1.I. The molecule has 29 heavy (non-hydrogen) atoms. The number of amides is 1. The number of fused-ring (bicyclic) bond motifs is 1. The fourth-order valence-corrected chi connectivity index (χ4v) is 3.35. The standard InChI is InChI=1S/C22H29N5O.HI/c1-2-23-22(26-16-12-19-9-5-6-14-24-19)25-15-7-11-21(28)27-17-13-18-8-3-4-10-20(18)27;/h3-6,8-10,14H,2,7,11-13,15-17H2,1H3,(H2,23,25,26);1H. The van der Waals surface area contributed by atoms with E-state index in [0.717, 1.165) is 56.2 Å². The average Bonchev–Trinajstić information content (AvgIpc) is 3.16. The molecule has 1 aliphatic rings. The van der Waals surface area contributed by atoms with Crippen LogP contribution in [0.2, 0.25) is 0 Å². The van der Waals surface area contributed by atoms with Gasteiger partial charge in [-0.2, -0.15) is 0 Å². The van der Waals surface area contributed by atoms with E-state index in [9.17, 15) is 4.79 Å². The van der Waals surface area contributed by atoms with Crippen molar-refractivity contribution in [2.24, 2.45) is 4.99 Å². The molecule has 0 saturated carbocycles. The number of nitrogens with zero attached hydrogens (tertiary/aromatic N) is 3. The molecule has 0 bridgehead atoms. The molecule has 0 aliphatic carbocycles. The molecule has 1 aromatic heterocycles. The molecule has 0 saturated heterocycles. The van der Waals surface area contributed by atoms with Gasteiger partial charge < -0.3 is 15.5 Å². The van der Waals surface area contributed by atoms with Crippen LogP contribution in [0.15, 0.2) is 53.7 Å². The lowest BCUT2D eigenvalue weighted by molar-refractivity contribution is -0.118.